The number of hydrogen-bond acceptors (Lipinski definition) is 2. The summed E-state index contributed by atoms with van der Waals surface area (Å²) in [4.78, 5) is 13.3. The van der Waals surface area contributed by atoms with Gasteiger partial charge in [-0.2, -0.15) is 0 Å². The van der Waals surface area contributed by atoms with Crippen LogP contribution in [0.1, 0.15) is 16.8 Å². The van der Waals surface area contributed by atoms with E-state index in [1.165, 1.54) is 17.0 Å². The lowest BCUT2D eigenvalue weighted by Gasteiger charge is -2.17. The zero-order valence-electron chi connectivity index (χ0n) is 9.57. The molecule has 0 aliphatic heterocycles. The normalized spacial score (nSPS) is 10.2. The first-order valence-corrected chi connectivity index (χ1v) is 5.15. The molecule has 0 bridgehead atoms. The van der Waals surface area contributed by atoms with Crippen molar-refractivity contribution >= 4 is 5.91 Å². The lowest BCUT2D eigenvalue weighted by atomic mass is 10.2. The molecule has 0 spiro atoms. The Kier molecular flexibility index (Phi) is 4.92. The van der Waals surface area contributed by atoms with Gasteiger partial charge in [0.25, 0.3) is 5.91 Å². The molecule has 0 aliphatic carbocycles. The summed E-state index contributed by atoms with van der Waals surface area (Å²) in [5.74, 6) is -0.778. The van der Waals surface area contributed by atoms with E-state index >= 15 is 0 Å². The highest BCUT2D eigenvalue weighted by Crippen LogP contribution is 2.09. The highest BCUT2D eigenvalue weighted by molar-refractivity contribution is 5.94. The fourth-order valence-electron chi connectivity index (χ4n) is 1.39. The van der Waals surface area contributed by atoms with Crippen LogP contribution in [0.2, 0.25) is 0 Å². The summed E-state index contributed by atoms with van der Waals surface area (Å²) in [6.07, 6.45) is 0.743. The Balaban J connectivity index is 2.60. The number of rotatable bonds is 5. The number of methoxy groups -OCH3 is 1. The van der Waals surface area contributed by atoms with E-state index in [4.69, 9.17) is 4.74 Å². The van der Waals surface area contributed by atoms with Gasteiger partial charge >= 0.3 is 0 Å². The zero-order valence-corrected chi connectivity index (χ0v) is 9.57. The number of benzene rings is 1. The van der Waals surface area contributed by atoms with Gasteiger partial charge in [-0.05, 0) is 18.6 Å². The Hall–Kier alpha value is -1.42. The number of carbonyl (C=O) groups excluding carboxylic acids is 1. The van der Waals surface area contributed by atoms with Crippen molar-refractivity contribution in [3.63, 3.8) is 0 Å². The lowest BCUT2D eigenvalue weighted by Crippen LogP contribution is -2.29. The number of carbonyl (C=O) groups is 1. The first-order valence-electron chi connectivity index (χ1n) is 5.15. The van der Waals surface area contributed by atoms with Crippen LogP contribution in [-0.2, 0) is 4.74 Å². The molecule has 0 heterocycles. The summed E-state index contributed by atoms with van der Waals surface area (Å²) in [6.45, 7) is 1.15. The molecule has 0 radical (unpaired) electrons. The molecule has 0 aromatic heterocycles. The molecule has 1 aromatic rings. The van der Waals surface area contributed by atoms with Crippen molar-refractivity contribution in [3.05, 3.63) is 35.6 Å². The average molecular weight is 225 g/mol. The van der Waals surface area contributed by atoms with Gasteiger partial charge in [-0.15, -0.1) is 0 Å². The van der Waals surface area contributed by atoms with Crippen molar-refractivity contribution in [2.24, 2.45) is 0 Å². The third kappa shape index (κ3) is 3.31. The van der Waals surface area contributed by atoms with Crippen molar-refractivity contribution < 1.29 is 13.9 Å². The van der Waals surface area contributed by atoms with Gasteiger partial charge in [0.1, 0.15) is 5.82 Å². The number of halogens is 1. The molecule has 0 aliphatic rings. The van der Waals surface area contributed by atoms with Crippen LogP contribution in [0.25, 0.3) is 0 Å². The summed E-state index contributed by atoms with van der Waals surface area (Å²) < 4.78 is 18.2. The predicted octanol–water partition coefficient (Wildman–Crippen LogP) is 1.93. The highest BCUT2D eigenvalue weighted by Gasteiger charge is 2.14. The second-order valence-corrected chi connectivity index (χ2v) is 3.55. The van der Waals surface area contributed by atoms with E-state index in [1.54, 1.807) is 26.3 Å². The zero-order chi connectivity index (χ0) is 12.0. The van der Waals surface area contributed by atoms with Gasteiger partial charge < -0.3 is 9.64 Å². The number of nitrogens with zero attached hydrogens (tertiary/aromatic N) is 1. The van der Waals surface area contributed by atoms with Crippen LogP contribution in [0.15, 0.2) is 24.3 Å². The molecule has 88 valence electrons. The minimum atomic E-state index is -0.480. The van der Waals surface area contributed by atoms with E-state index in [0.717, 1.165) is 6.42 Å². The second kappa shape index (κ2) is 6.23. The van der Waals surface area contributed by atoms with Gasteiger partial charge in [-0.3, -0.25) is 4.79 Å². The van der Waals surface area contributed by atoms with Crippen LogP contribution in [0.3, 0.4) is 0 Å². The van der Waals surface area contributed by atoms with E-state index in [-0.39, 0.29) is 11.5 Å². The Morgan fingerprint density at radius 2 is 2.12 bits per heavy atom. The van der Waals surface area contributed by atoms with Crippen molar-refractivity contribution in [1.29, 1.82) is 0 Å². The second-order valence-electron chi connectivity index (χ2n) is 3.55. The van der Waals surface area contributed by atoms with Crippen molar-refractivity contribution in [3.8, 4) is 0 Å². The molecule has 0 saturated heterocycles. The third-order valence-electron chi connectivity index (χ3n) is 2.29. The molecule has 4 heteroatoms. The summed E-state index contributed by atoms with van der Waals surface area (Å²) in [5, 5.41) is 0. The molecule has 0 atom stereocenters. The smallest absolute Gasteiger partial charge is 0.256 e. The SMILES string of the molecule is COCCCN(C)C(=O)c1ccccc1F. The Morgan fingerprint density at radius 3 is 2.75 bits per heavy atom. The number of hydrogen-bond donors (Lipinski definition) is 0. The minimum absolute atomic E-state index is 0.113. The van der Waals surface area contributed by atoms with E-state index in [9.17, 15) is 9.18 Å². The van der Waals surface area contributed by atoms with E-state index in [0.29, 0.717) is 13.2 Å². The maximum atomic E-state index is 13.3. The number of ether oxygens (including phenoxy) is 1. The van der Waals surface area contributed by atoms with Gasteiger partial charge in [0.2, 0.25) is 0 Å². The summed E-state index contributed by atoms with van der Waals surface area (Å²) >= 11 is 0. The lowest BCUT2D eigenvalue weighted by molar-refractivity contribution is 0.0775. The molecule has 1 rings (SSSR count). The topological polar surface area (TPSA) is 29.5 Å². The Morgan fingerprint density at radius 1 is 1.44 bits per heavy atom. The molecule has 1 amide bonds. The molecule has 1 aromatic carbocycles. The van der Waals surface area contributed by atoms with Gasteiger partial charge in [0.15, 0.2) is 0 Å². The molecule has 0 N–H and O–H groups in total. The fraction of sp³-hybridized carbons (Fsp3) is 0.417. The van der Waals surface area contributed by atoms with E-state index in [2.05, 4.69) is 0 Å². The molecule has 16 heavy (non-hydrogen) atoms. The third-order valence-corrected chi connectivity index (χ3v) is 2.29. The van der Waals surface area contributed by atoms with Gasteiger partial charge in [-0.25, -0.2) is 4.39 Å². The van der Waals surface area contributed by atoms with Gasteiger partial charge in [-0.1, -0.05) is 12.1 Å². The van der Waals surface area contributed by atoms with Crippen LogP contribution in [0, 0.1) is 5.82 Å². The quantitative estimate of drug-likeness (QED) is 0.717. The van der Waals surface area contributed by atoms with Crippen molar-refractivity contribution in [2.75, 3.05) is 27.3 Å². The monoisotopic (exact) mass is 225 g/mol. The molecule has 0 saturated carbocycles. The molecular weight excluding hydrogens is 209 g/mol. The number of amides is 1. The van der Waals surface area contributed by atoms with E-state index < -0.39 is 5.82 Å². The first-order chi connectivity index (χ1) is 7.66. The highest BCUT2D eigenvalue weighted by atomic mass is 19.1. The Bertz CT molecular complexity index is 355. The molecular formula is C12H16FNO2. The minimum Gasteiger partial charge on any atom is -0.385 e. The van der Waals surface area contributed by atoms with Crippen LogP contribution in [0.5, 0.6) is 0 Å². The first kappa shape index (κ1) is 12.6. The maximum Gasteiger partial charge on any atom is 0.256 e. The Labute approximate surface area is 94.8 Å². The van der Waals surface area contributed by atoms with Crippen molar-refractivity contribution in [1.82, 2.24) is 4.90 Å². The average Bonchev–Trinajstić information content (AvgIpc) is 2.29. The maximum absolute atomic E-state index is 13.3. The molecule has 3 nitrogen and oxygen atoms in total. The summed E-state index contributed by atoms with van der Waals surface area (Å²) in [7, 11) is 3.27. The standard InChI is InChI=1S/C12H16FNO2/c1-14(8-5-9-16-2)12(15)10-6-3-4-7-11(10)13/h3-4,6-7H,5,8-9H2,1-2H3. The van der Waals surface area contributed by atoms with Gasteiger partial charge in [0.05, 0.1) is 5.56 Å². The molecule has 0 fully saturated rings. The van der Waals surface area contributed by atoms with Crippen LogP contribution < -0.4 is 0 Å². The predicted molar refractivity (Wildman–Crippen MR) is 59.9 cm³/mol. The van der Waals surface area contributed by atoms with Crippen LogP contribution in [-0.4, -0.2) is 38.1 Å². The fourth-order valence-corrected chi connectivity index (χ4v) is 1.39. The van der Waals surface area contributed by atoms with Crippen LogP contribution >= 0.6 is 0 Å². The van der Waals surface area contributed by atoms with Crippen LogP contribution in [0.4, 0.5) is 4.39 Å². The summed E-state index contributed by atoms with van der Waals surface area (Å²) in [6, 6.07) is 6.00. The molecule has 0 unspecified atom stereocenters. The summed E-state index contributed by atoms with van der Waals surface area (Å²) in [5.41, 5.74) is 0.113. The van der Waals surface area contributed by atoms with Crippen molar-refractivity contribution in [2.45, 2.75) is 6.42 Å². The largest absolute Gasteiger partial charge is 0.385 e. The van der Waals surface area contributed by atoms with E-state index in [1.807, 2.05) is 0 Å². The van der Waals surface area contributed by atoms with Gasteiger partial charge in [0, 0.05) is 27.3 Å².